The van der Waals surface area contributed by atoms with Crippen LogP contribution in [-0.4, -0.2) is 0 Å². The zero-order valence-electron chi connectivity index (χ0n) is 11.3. The molecule has 0 atom stereocenters. The van der Waals surface area contributed by atoms with E-state index in [1.54, 1.807) is 12.9 Å². The Labute approximate surface area is 128 Å². The van der Waals surface area contributed by atoms with E-state index in [2.05, 4.69) is 0 Å². The van der Waals surface area contributed by atoms with E-state index in [-0.39, 0.29) is 0 Å². The third kappa shape index (κ3) is 3.54. The van der Waals surface area contributed by atoms with Crippen molar-refractivity contribution in [2.24, 2.45) is 0 Å². The van der Waals surface area contributed by atoms with Crippen molar-refractivity contribution in [2.75, 3.05) is 0 Å². The number of halogens is 1. The molecule has 0 amide bonds. The zero-order valence-corrected chi connectivity index (χ0v) is 12.1. The van der Waals surface area contributed by atoms with Gasteiger partial charge in [-0.3, -0.25) is 0 Å². The Balaban J connectivity index is 1.69. The second-order valence-corrected chi connectivity index (χ2v) is 5.06. The minimum Gasteiger partial charge on any atom is -0.466 e. The van der Waals surface area contributed by atoms with E-state index < -0.39 is 0 Å². The molecule has 2 aromatic carbocycles. The predicted molar refractivity (Wildman–Crippen MR) is 83.8 cm³/mol. The van der Waals surface area contributed by atoms with Gasteiger partial charge < -0.3 is 9.15 Å². The first-order chi connectivity index (χ1) is 10.3. The van der Waals surface area contributed by atoms with Gasteiger partial charge in [0.1, 0.15) is 12.4 Å². The Morgan fingerprint density at radius 2 is 1.86 bits per heavy atom. The topological polar surface area (TPSA) is 22.4 Å². The molecule has 0 aliphatic carbocycles. The molecule has 0 fully saturated rings. The number of hydrogen-bond donors (Lipinski definition) is 0. The maximum absolute atomic E-state index is 6.03. The smallest absolute Gasteiger partial charge is 0.149 e. The molecule has 0 N–H and O–H groups in total. The SMILES string of the molecule is Clc1cccc(-c2ccoc2[CH]OCc2ccccc2)c1. The lowest BCUT2D eigenvalue weighted by atomic mass is 10.1. The van der Waals surface area contributed by atoms with Crippen molar-refractivity contribution in [3.8, 4) is 11.1 Å². The number of ether oxygens (including phenoxy) is 1. The van der Waals surface area contributed by atoms with Crippen LogP contribution in [0.4, 0.5) is 0 Å². The summed E-state index contributed by atoms with van der Waals surface area (Å²) in [6.45, 7) is 2.15. The van der Waals surface area contributed by atoms with E-state index in [1.807, 2.05) is 60.7 Å². The molecule has 2 nitrogen and oxygen atoms in total. The lowest BCUT2D eigenvalue weighted by Gasteiger charge is -2.05. The summed E-state index contributed by atoms with van der Waals surface area (Å²) < 4.78 is 11.1. The molecule has 0 spiro atoms. The molecule has 0 saturated carbocycles. The van der Waals surface area contributed by atoms with E-state index in [4.69, 9.17) is 20.8 Å². The fourth-order valence-electron chi connectivity index (χ4n) is 2.09. The summed E-state index contributed by atoms with van der Waals surface area (Å²) in [4.78, 5) is 0. The van der Waals surface area contributed by atoms with E-state index in [0.717, 1.165) is 16.7 Å². The number of benzene rings is 2. The summed E-state index contributed by atoms with van der Waals surface area (Å²) in [6.07, 6.45) is 1.65. The van der Waals surface area contributed by atoms with Gasteiger partial charge in [-0.2, -0.15) is 0 Å². The monoisotopic (exact) mass is 297 g/mol. The molecule has 0 aliphatic heterocycles. The number of hydrogen-bond acceptors (Lipinski definition) is 2. The van der Waals surface area contributed by atoms with E-state index in [1.165, 1.54) is 0 Å². The molecule has 1 aromatic heterocycles. The van der Waals surface area contributed by atoms with Gasteiger partial charge in [-0.05, 0) is 29.3 Å². The van der Waals surface area contributed by atoms with Gasteiger partial charge in [0.25, 0.3) is 0 Å². The molecule has 0 bridgehead atoms. The summed E-state index contributed by atoms with van der Waals surface area (Å²) in [5.41, 5.74) is 3.08. The lowest BCUT2D eigenvalue weighted by molar-refractivity contribution is 0.187. The first-order valence-electron chi connectivity index (χ1n) is 6.65. The van der Waals surface area contributed by atoms with Crippen molar-refractivity contribution < 1.29 is 9.15 Å². The van der Waals surface area contributed by atoms with Crippen LogP contribution in [0.25, 0.3) is 11.1 Å². The van der Waals surface area contributed by atoms with Crippen molar-refractivity contribution >= 4 is 11.6 Å². The van der Waals surface area contributed by atoms with Crippen molar-refractivity contribution in [1.29, 1.82) is 0 Å². The summed E-state index contributed by atoms with van der Waals surface area (Å²) in [5, 5.41) is 0.699. The van der Waals surface area contributed by atoms with Crippen LogP contribution < -0.4 is 0 Å². The van der Waals surface area contributed by atoms with Crippen molar-refractivity contribution in [3.05, 3.63) is 89.9 Å². The summed E-state index contributed by atoms with van der Waals surface area (Å²) in [7, 11) is 0. The Bertz CT molecular complexity index is 704. The quantitative estimate of drug-likeness (QED) is 0.635. The third-order valence-electron chi connectivity index (χ3n) is 3.11. The normalized spacial score (nSPS) is 10.7. The molecule has 0 saturated heterocycles. The van der Waals surface area contributed by atoms with E-state index in [0.29, 0.717) is 17.4 Å². The predicted octanol–water partition coefficient (Wildman–Crippen LogP) is 5.33. The molecular weight excluding hydrogens is 284 g/mol. The van der Waals surface area contributed by atoms with Crippen molar-refractivity contribution in [1.82, 2.24) is 0 Å². The molecule has 3 aromatic rings. The maximum Gasteiger partial charge on any atom is 0.149 e. The second-order valence-electron chi connectivity index (χ2n) is 4.62. The van der Waals surface area contributed by atoms with Crippen LogP contribution in [-0.2, 0) is 11.3 Å². The summed E-state index contributed by atoms with van der Waals surface area (Å²) >= 11 is 6.03. The first-order valence-corrected chi connectivity index (χ1v) is 7.03. The van der Waals surface area contributed by atoms with Crippen LogP contribution in [0.2, 0.25) is 5.02 Å². The van der Waals surface area contributed by atoms with Crippen LogP contribution in [0.15, 0.2) is 71.3 Å². The summed E-state index contributed by atoms with van der Waals surface area (Å²) in [6, 6.07) is 19.6. The summed E-state index contributed by atoms with van der Waals surface area (Å²) in [5.74, 6) is 0.688. The largest absolute Gasteiger partial charge is 0.466 e. The van der Waals surface area contributed by atoms with E-state index >= 15 is 0 Å². The van der Waals surface area contributed by atoms with Gasteiger partial charge in [-0.25, -0.2) is 0 Å². The Morgan fingerprint density at radius 1 is 1.00 bits per heavy atom. The molecule has 105 valence electrons. The molecule has 3 rings (SSSR count). The average Bonchev–Trinajstić information content (AvgIpc) is 2.97. The fraction of sp³-hybridized carbons (Fsp3) is 0.0556. The van der Waals surface area contributed by atoms with Crippen LogP contribution in [0.5, 0.6) is 0 Å². The minimum absolute atomic E-state index is 0.510. The van der Waals surface area contributed by atoms with Crippen LogP contribution in [0, 0.1) is 6.61 Å². The van der Waals surface area contributed by atoms with Gasteiger partial charge in [0.15, 0.2) is 0 Å². The maximum atomic E-state index is 6.03. The standard InChI is InChI=1S/C18H14ClO2/c19-16-8-4-7-15(11-16)17-9-10-21-18(17)13-20-12-14-5-2-1-3-6-14/h1-11,13H,12H2. The van der Waals surface area contributed by atoms with Crippen molar-refractivity contribution in [2.45, 2.75) is 6.61 Å². The van der Waals surface area contributed by atoms with Crippen LogP contribution >= 0.6 is 11.6 Å². The molecule has 1 heterocycles. The Kier molecular flexibility index (Phi) is 4.39. The number of rotatable bonds is 5. The molecular formula is C18H14ClO2. The molecule has 3 heteroatoms. The highest BCUT2D eigenvalue weighted by Gasteiger charge is 2.10. The average molecular weight is 298 g/mol. The van der Waals surface area contributed by atoms with Gasteiger partial charge in [0, 0.05) is 10.6 Å². The zero-order chi connectivity index (χ0) is 14.5. The fourth-order valence-corrected chi connectivity index (χ4v) is 2.28. The van der Waals surface area contributed by atoms with Gasteiger partial charge >= 0.3 is 0 Å². The second kappa shape index (κ2) is 6.61. The number of furan rings is 1. The minimum atomic E-state index is 0.510. The first kappa shape index (κ1) is 13.9. The third-order valence-corrected chi connectivity index (χ3v) is 3.35. The van der Waals surface area contributed by atoms with Crippen LogP contribution in [0.3, 0.4) is 0 Å². The highest BCUT2D eigenvalue weighted by molar-refractivity contribution is 6.30. The molecule has 21 heavy (non-hydrogen) atoms. The Morgan fingerprint density at radius 3 is 2.67 bits per heavy atom. The highest BCUT2D eigenvalue weighted by Crippen LogP contribution is 2.28. The highest BCUT2D eigenvalue weighted by atomic mass is 35.5. The molecule has 0 aliphatic rings. The van der Waals surface area contributed by atoms with Gasteiger partial charge in [-0.1, -0.05) is 54.1 Å². The van der Waals surface area contributed by atoms with E-state index in [9.17, 15) is 0 Å². The van der Waals surface area contributed by atoms with Gasteiger partial charge in [0.2, 0.25) is 0 Å². The Hall–Kier alpha value is -2.03. The lowest BCUT2D eigenvalue weighted by Crippen LogP contribution is -1.92. The van der Waals surface area contributed by atoms with Crippen LogP contribution in [0.1, 0.15) is 11.3 Å². The van der Waals surface area contributed by atoms with Gasteiger partial charge in [0.05, 0.1) is 12.9 Å². The molecule has 0 unspecified atom stereocenters. The van der Waals surface area contributed by atoms with Gasteiger partial charge in [-0.15, -0.1) is 0 Å². The van der Waals surface area contributed by atoms with Crippen molar-refractivity contribution in [3.63, 3.8) is 0 Å². The molecule has 1 radical (unpaired) electrons.